The molecule has 2 atom stereocenters. The minimum absolute atomic E-state index is 0.00642. The molecule has 0 aromatic heterocycles. The van der Waals surface area contributed by atoms with E-state index in [4.69, 9.17) is 4.74 Å². The summed E-state index contributed by atoms with van der Waals surface area (Å²) < 4.78 is 5.50. The van der Waals surface area contributed by atoms with Gasteiger partial charge in [-0.15, -0.1) is 0 Å². The van der Waals surface area contributed by atoms with Gasteiger partial charge >= 0.3 is 5.97 Å². The molecule has 0 fully saturated rings. The third-order valence-corrected chi connectivity index (χ3v) is 18.6. The van der Waals surface area contributed by atoms with E-state index in [0.29, 0.717) is 25.9 Å². The predicted octanol–water partition coefficient (Wildman–Crippen LogP) is 26.4. The molecular weight excluding hydrogens is 1080 g/mol. The minimum Gasteiger partial charge on any atom is -0.466 e. The van der Waals surface area contributed by atoms with Gasteiger partial charge in [-0.05, 0) is 89.9 Å². The Kier molecular flexibility index (Phi) is 75.4. The monoisotopic (exact) mass is 1230 g/mol. The zero-order chi connectivity index (χ0) is 63.5. The van der Waals surface area contributed by atoms with Gasteiger partial charge in [0.1, 0.15) is 0 Å². The molecule has 0 radical (unpaired) electrons. The van der Waals surface area contributed by atoms with Crippen molar-refractivity contribution in [3.8, 4) is 0 Å². The van der Waals surface area contributed by atoms with Crippen LogP contribution < -0.4 is 5.32 Å². The Labute approximate surface area is 550 Å². The van der Waals surface area contributed by atoms with E-state index in [1.807, 2.05) is 0 Å². The molecule has 0 aromatic carbocycles. The van der Waals surface area contributed by atoms with Crippen LogP contribution >= 0.6 is 0 Å². The molecule has 0 aliphatic heterocycles. The number of carbonyl (C=O) groups excluding carboxylic acids is 2. The standard InChI is InChI=1S/C82H155NO5/c1-3-5-7-9-11-13-15-17-19-21-23-24-36-39-42-46-50-54-58-62-66-70-74-80(85)79(78-84)83-81(86)75-71-67-63-59-55-51-47-43-40-37-34-32-30-28-26-25-27-29-31-33-35-38-41-45-49-53-57-61-65-69-73-77-88-82(87)76-72-68-64-60-56-52-48-44-22-20-18-16-14-12-10-8-6-4-2/h14,16,20,22,27,29,33,35,79-80,84-85H,3-13,15,17-19,21,23-26,28,30-32,34,36-78H2,1-2H3,(H,83,86)/b16-14-,22-20-,29-27-,35-33-. The van der Waals surface area contributed by atoms with Crippen molar-refractivity contribution in [3.63, 3.8) is 0 Å². The molecular formula is C82H155NO5. The van der Waals surface area contributed by atoms with E-state index in [-0.39, 0.29) is 18.5 Å². The Morgan fingerprint density at radius 2 is 0.568 bits per heavy atom. The van der Waals surface area contributed by atoms with Gasteiger partial charge in [0, 0.05) is 12.8 Å². The van der Waals surface area contributed by atoms with E-state index in [2.05, 4.69) is 67.8 Å². The first-order chi connectivity index (χ1) is 43.5. The van der Waals surface area contributed by atoms with Crippen LogP contribution in [0.15, 0.2) is 48.6 Å². The summed E-state index contributed by atoms with van der Waals surface area (Å²) in [7, 11) is 0. The fourth-order valence-electron chi connectivity index (χ4n) is 12.5. The van der Waals surface area contributed by atoms with Gasteiger partial charge in [0.25, 0.3) is 0 Å². The zero-order valence-corrected chi connectivity index (χ0v) is 59.5. The molecule has 0 aromatic rings. The summed E-state index contributed by atoms with van der Waals surface area (Å²) in [6, 6.07) is -0.543. The first kappa shape index (κ1) is 85.8. The van der Waals surface area contributed by atoms with E-state index in [0.717, 1.165) is 57.8 Å². The van der Waals surface area contributed by atoms with E-state index < -0.39 is 12.1 Å². The summed E-state index contributed by atoms with van der Waals surface area (Å²) in [4.78, 5) is 24.7. The molecule has 3 N–H and O–H groups in total. The number of allylic oxidation sites excluding steroid dienone is 8. The highest BCUT2D eigenvalue weighted by atomic mass is 16.5. The Bertz CT molecular complexity index is 1470. The van der Waals surface area contributed by atoms with E-state index in [1.54, 1.807) is 0 Å². The SMILES string of the molecule is CCCCCC/C=C\C/C=C\CCCCCCCCCC(=O)OCCCCCCCCCCC/C=C\C/C=C\CCCCCCCCCCCCCCCCCC(=O)NC(CO)C(O)CCCCCCCCCCCCCCCCCCCCCCCC. The number of aliphatic hydroxyl groups is 2. The second kappa shape index (κ2) is 77.3. The van der Waals surface area contributed by atoms with Crippen LogP contribution in [-0.4, -0.2) is 47.4 Å². The first-order valence-corrected chi connectivity index (χ1v) is 39.9. The van der Waals surface area contributed by atoms with Gasteiger partial charge in [0.05, 0.1) is 25.4 Å². The number of hydrogen-bond acceptors (Lipinski definition) is 5. The number of amides is 1. The summed E-state index contributed by atoms with van der Waals surface area (Å²) in [6.45, 7) is 4.97. The highest BCUT2D eigenvalue weighted by Gasteiger charge is 2.20. The van der Waals surface area contributed by atoms with Crippen LogP contribution in [0.1, 0.15) is 438 Å². The maximum Gasteiger partial charge on any atom is 0.305 e. The summed E-state index contributed by atoms with van der Waals surface area (Å²) in [5.41, 5.74) is 0. The average Bonchev–Trinajstić information content (AvgIpc) is 3.58. The van der Waals surface area contributed by atoms with Gasteiger partial charge < -0.3 is 20.3 Å². The van der Waals surface area contributed by atoms with Crippen molar-refractivity contribution >= 4 is 11.9 Å². The molecule has 0 spiro atoms. The van der Waals surface area contributed by atoms with Crippen LogP contribution in [0.5, 0.6) is 0 Å². The fourth-order valence-corrected chi connectivity index (χ4v) is 12.5. The second-order valence-corrected chi connectivity index (χ2v) is 27.4. The lowest BCUT2D eigenvalue weighted by Crippen LogP contribution is -2.45. The van der Waals surface area contributed by atoms with Crippen LogP contribution in [-0.2, 0) is 14.3 Å². The van der Waals surface area contributed by atoms with Gasteiger partial charge in [-0.25, -0.2) is 0 Å². The van der Waals surface area contributed by atoms with E-state index in [1.165, 1.54) is 347 Å². The summed E-state index contributed by atoms with van der Waals surface area (Å²) in [5.74, 6) is -0.0233. The third-order valence-electron chi connectivity index (χ3n) is 18.6. The van der Waals surface area contributed by atoms with Crippen LogP contribution in [0, 0.1) is 0 Å². The molecule has 0 bridgehead atoms. The van der Waals surface area contributed by atoms with E-state index in [9.17, 15) is 19.8 Å². The number of rotatable bonds is 75. The molecule has 0 saturated heterocycles. The Morgan fingerprint density at radius 1 is 0.318 bits per heavy atom. The largest absolute Gasteiger partial charge is 0.466 e. The van der Waals surface area contributed by atoms with Gasteiger partial charge in [-0.2, -0.15) is 0 Å². The first-order valence-electron chi connectivity index (χ1n) is 39.9. The molecule has 0 heterocycles. The number of nitrogens with one attached hydrogen (secondary N) is 1. The molecule has 6 heteroatoms. The van der Waals surface area contributed by atoms with Gasteiger partial charge in [0.15, 0.2) is 0 Å². The normalized spacial score (nSPS) is 12.7. The summed E-state index contributed by atoms with van der Waals surface area (Å²) in [5, 5.41) is 23.5. The summed E-state index contributed by atoms with van der Waals surface area (Å²) in [6.07, 6.45) is 102. The van der Waals surface area contributed by atoms with Crippen molar-refractivity contribution in [1.82, 2.24) is 5.32 Å². The van der Waals surface area contributed by atoms with Crippen LogP contribution in [0.25, 0.3) is 0 Å². The van der Waals surface area contributed by atoms with Crippen LogP contribution in [0.4, 0.5) is 0 Å². The average molecular weight is 1240 g/mol. The molecule has 2 unspecified atom stereocenters. The second-order valence-electron chi connectivity index (χ2n) is 27.4. The van der Waals surface area contributed by atoms with Gasteiger partial charge in [-0.3, -0.25) is 9.59 Å². The van der Waals surface area contributed by atoms with E-state index >= 15 is 0 Å². The lowest BCUT2D eigenvalue weighted by atomic mass is 10.0. The van der Waals surface area contributed by atoms with Crippen molar-refractivity contribution in [2.75, 3.05) is 13.2 Å². The topological polar surface area (TPSA) is 95.9 Å². The highest BCUT2D eigenvalue weighted by Crippen LogP contribution is 2.19. The molecule has 518 valence electrons. The van der Waals surface area contributed by atoms with Crippen LogP contribution in [0.2, 0.25) is 0 Å². The van der Waals surface area contributed by atoms with Gasteiger partial charge in [0.2, 0.25) is 5.91 Å². The maximum absolute atomic E-state index is 12.6. The molecule has 6 nitrogen and oxygen atoms in total. The Morgan fingerprint density at radius 3 is 0.875 bits per heavy atom. The molecule has 0 rings (SSSR count). The molecule has 88 heavy (non-hydrogen) atoms. The zero-order valence-electron chi connectivity index (χ0n) is 59.5. The molecule has 0 aliphatic rings. The number of unbranched alkanes of at least 4 members (excludes halogenated alkanes) is 56. The third kappa shape index (κ3) is 72.9. The van der Waals surface area contributed by atoms with Crippen molar-refractivity contribution in [1.29, 1.82) is 0 Å². The highest BCUT2D eigenvalue weighted by molar-refractivity contribution is 5.76. The number of hydrogen-bond donors (Lipinski definition) is 3. The Balaban J connectivity index is 3.39. The minimum atomic E-state index is -0.666. The van der Waals surface area contributed by atoms with Crippen molar-refractivity contribution in [2.24, 2.45) is 0 Å². The predicted molar refractivity (Wildman–Crippen MR) is 389 cm³/mol. The lowest BCUT2D eigenvalue weighted by Gasteiger charge is -2.22. The molecule has 1 amide bonds. The lowest BCUT2D eigenvalue weighted by molar-refractivity contribution is -0.143. The molecule has 0 saturated carbocycles. The quantitative estimate of drug-likeness (QED) is 0.0320. The number of esters is 1. The molecule has 0 aliphatic carbocycles. The maximum atomic E-state index is 12.6. The van der Waals surface area contributed by atoms with Crippen LogP contribution in [0.3, 0.4) is 0 Å². The Hall–Kier alpha value is -2.18. The smallest absolute Gasteiger partial charge is 0.305 e. The fraction of sp³-hybridized carbons (Fsp3) is 0.878. The number of carbonyl (C=O) groups is 2. The number of aliphatic hydroxyl groups excluding tert-OH is 2. The van der Waals surface area contributed by atoms with Gasteiger partial charge in [-0.1, -0.05) is 383 Å². The number of ether oxygens (including phenoxy) is 1. The summed E-state index contributed by atoms with van der Waals surface area (Å²) >= 11 is 0. The van der Waals surface area contributed by atoms with Crippen molar-refractivity contribution in [3.05, 3.63) is 48.6 Å². The van der Waals surface area contributed by atoms with Crippen molar-refractivity contribution < 1.29 is 24.5 Å². The van der Waals surface area contributed by atoms with Crippen molar-refractivity contribution in [2.45, 2.75) is 450 Å².